The standard InChI is InChI=1S/C22H27ClN2O6S/c1-15(2)30-21-9-8-19(32(27,28)25-10-12-29-13-11-25)14-20(21)24-22(26)16(3)31-18-6-4-17(23)5-7-18/h4-9,14-16H,10-13H2,1-3H3,(H,24,26). The SMILES string of the molecule is CC(C)Oc1ccc(S(=O)(=O)N2CCOCC2)cc1NC(=O)C(C)Oc1ccc(Cl)cc1. The van der Waals surface area contributed by atoms with Crippen molar-refractivity contribution < 1.29 is 27.4 Å². The lowest BCUT2D eigenvalue weighted by Gasteiger charge is -2.26. The first kappa shape index (κ1) is 24.3. The number of anilines is 1. The molecule has 2 aromatic rings. The molecule has 0 aromatic heterocycles. The van der Waals surface area contributed by atoms with Gasteiger partial charge in [-0.05, 0) is 63.2 Å². The summed E-state index contributed by atoms with van der Waals surface area (Å²) in [5.74, 6) is 0.404. The molecule has 1 atom stereocenters. The van der Waals surface area contributed by atoms with Gasteiger partial charge in [0.2, 0.25) is 10.0 Å². The van der Waals surface area contributed by atoms with Crippen molar-refractivity contribution in [3.63, 3.8) is 0 Å². The van der Waals surface area contributed by atoms with Gasteiger partial charge in [0, 0.05) is 18.1 Å². The van der Waals surface area contributed by atoms with Gasteiger partial charge >= 0.3 is 0 Å². The van der Waals surface area contributed by atoms with Gasteiger partial charge in [-0.1, -0.05) is 11.6 Å². The molecule has 1 aliphatic rings. The molecule has 1 saturated heterocycles. The van der Waals surface area contributed by atoms with E-state index in [4.69, 9.17) is 25.8 Å². The van der Waals surface area contributed by atoms with Gasteiger partial charge in [0.1, 0.15) is 11.5 Å². The molecule has 1 N–H and O–H groups in total. The molecule has 1 fully saturated rings. The third-order valence-corrected chi connectivity index (χ3v) is 6.82. The zero-order valence-electron chi connectivity index (χ0n) is 18.2. The van der Waals surface area contributed by atoms with Crippen molar-refractivity contribution in [1.82, 2.24) is 4.31 Å². The molecule has 1 unspecified atom stereocenters. The minimum atomic E-state index is -3.74. The number of carbonyl (C=O) groups excluding carboxylic acids is 1. The van der Waals surface area contributed by atoms with Crippen LogP contribution < -0.4 is 14.8 Å². The average Bonchev–Trinajstić information content (AvgIpc) is 2.76. The van der Waals surface area contributed by atoms with Crippen LogP contribution in [0.5, 0.6) is 11.5 Å². The zero-order chi connectivity index (χ0) is 23.3. The first-order valence-corrected chi connectivity index (χ1v) is 12.1. The Labute approximate surface area is 193 Å². The molecule has 1 heterocycles. The van der Waals surface area contributed by atoms with Crippen LogP contribution in [0.3, 0.4) is 0 Å². The highest BCUT2D eigenvalue weighted by Gasteiger charge is 2.28. The van der Waals surface area contributed by atoms with Crippen LogP contribution in [0.15, 0.2) is 47.4 Å². The minimum Gasteiger partial charge on any atom is -0.489 e. The van der Waals surface area contributed by atoms with Crippen molar-refractivity contribution in [1.29, 1.82) is 0 Å². The lowest BCUT2D eigenvalue weighted by Crippen LogP contribution is -2.40. The number of halogens is 1. The molecule has 3 rings (SSSR count). The number of hydrogen-bond acceptors (Lipinski definition) is 6. The quantitative estimate of drug-likeness (QED) is 0.618. The van der Waals surface area contributed by atoms with Crippen LogP contribution in [-0.4, -0.2) is 57.1 Å². The second-order valence-electron chi connectivity index (χ2n) is 7.54. The van der Waals surface area contributed by atoms with Gasteiger partial charge in [-0.2, -0.15) is 4.31 Å². The Bertz CT molecular complexity index is 1040. The number of morpholine rings is 1. The van der Waals surface area contributed by atoms with Gasteiger partial charge in [0.05, 0.1) is 29.9 Å². The molecule has 2 aromatic carbocycles. The number of ether oxygens (including phenoxy) is 3. The number of nitrogens with one attached hydrogen (secondary N) is 1. The van der Waals surface area contributed by atoms with E-state index >= 15 is 0 Å². The molecular formula is C22H27ClN2O6S. The molecule has 1 aliphatic heterocycles. The Balaban J connectivity index is 1.82. The van der Waals surface area contributed by atoms with Crippen molar-refractivity contribution in [2.24, 2.45) is 0 Å². The first-order chi connectivity index (χ1) is 15.2. The van der Waals surface area contributed by atoms with Crippen molar-refractivity contribution in [2.45, 2.75) is 37.9 Å². The summed E-state index contributed by atoms with van der Waals surface area (Å²) in [6.07, 6.45) is -1.02. The van der Waals surface area contributed by atoms with E-state index in [-0.39, 0.29) is 29.8 Å². The van der Waals surface area contributed by atoms with E-state index in [1.807, 2.05) is 13.8 Å². The number of carbonyl (C=O) groups is 1. The molecule has 0 bridgehead atoms. The maximum Gasteiger partial charge on any atom is 0.265 e. The molecule has 1 amide bonds. The molecule has 10 heteroatoms. The van der Waals surface area contributed by atoms with Gasteiger partial charge < -0.3 is 19.5 Å². The van der Waals surface area contributed by atoms with Crippen LogP contribution >= 0.6 is 11.6 Å². The van der Waals surface area contributed by atoms with E-state index in [9.17, 15) is 13.2 Å². The Hall–Kier alpha value is -2.33. The summed E-state index contributed by atoms with van der Waals surface area (Å²) in [7, 11) is -3.74. The van der Waals surface area contributed by atoms with Crippen LogP contribution in [0.2, 0.25) is 5.02 Å². The molecule has 8 nitrogen and oxygen atoms in total. The predicted molar refractivity (Wildman–Crippen MR) is 122 cm³/mol. The fourth-order valence-electron chi connectivity index (χ4n) is 3.07. The summed E-state index contributed by atoms with van der Waals surface area (Å²) in [6, 6.07) is 11.1. The van der Waals surface area contributed by atoms with Gasteiger partial charge in [-0.15, -0.1) is 0 Å². The average molecular weight is 483 g/mol. The van der Waals surface area contributed by atoms with Gasteiger partial charge in [0.25, 0.3) is 5.91 Å². The Morgan fingerprint density at radius 1 is 1.06 bits per heavy atom. The number of amides is 1. The molecule has 0 saturated carbocycles. The van der Waals surface area contributed by atoms with Gasteiger partial charge in [-0.25, -0.2) is 8.42 Å². The number of nitrogens with zero attached hydrogens (tertiary/aromatic N) is 1. The highest BCUT2D eigenvalue weighted by molar-refractivity contribution is 7.89. The van der Waals surface area contributed by atoms with Crippen molar-refractivity contribution in [2.75, 3.05) is 31.6 Å². The number of sulfonamides is 1. The van der Waals surface area contributed by atoms with Crippen LogP contribution in [0.25, 0.3) is 0 Å². The van der Waals surface area contributed by atoms with Crippen LogP contribution in [0, 0.1) is 0 Å². The predicted octanol–water partition coefficient (Wildman–Crippen LogP) is 3.55. The van der Waals surface area contributed by atoms with Crippen LogP contribution in [0.4, 0.5) is 5.69 Å². The fraction of sp³-hybridized carbons (Fsp3) is 0.409. The normalized spacial score (nSPS) is 15.9. The smallest absolute Gasteiger partial charge is 0.265 e. The van der Waals surface area contributed by atoms with E-state index in [1.165, 1.54) is 16.4 Å². The monoisotopic (exact) mass is 482 g/mol. The second kappa shape index (κ2) is 10.5. The largest absolute Gasteiger partial charge is 0.489 e. The molecular weight excluding hydrogens is 456 g/mol. The summed E-state index contributed by atoms with van der Waals surface area (Å²) in [6.45, 7) is 6.53. The minimum absolute atomic E-state index is 0.0667. The maximum absolute atomic E-state index is 13.0. The van der Waals surface area contributed by atoms with Gasteiger partial charge in [-0.3, -0.25) is 4.79 Å². The van der Waals surface area contributed by atoms with Crippen molar-refractivity contribution in [3.05, 3.63) is 47.5 Å². The number of rotatable bonds is 8. The van der Waals surface area contributed by atoms with Crippen LogP contribution in [0.1, 0.15) is 20.8 Å². The fourth-order valence-corrected chi connectivity index (χ4v) is 4.63. The van der Waals surface area contributed by atoms with Gasteiger partial charge in [0.15, 0.2) is 6.10 Å². The molecule has 0 radical (unpaired) electrons. The van der Waals surface area contributed by atoms with E-state index < -0.39 is 22.0 Å². The Kier molecular flexibility index (Phi) is 8.00. The topological polar surface area (TPSA) is 94.2 Å². The second-order valence-corrected chi connectivity index (χ2v) is 9.92. The third kappa shape index (κ3) is 6.13. The van der Waals surface area contributed by atoms with E-state index in [0.29, 0.717) is 29.7 Å². The molecule has 0 spiro atoms. The maximum atomic E-state index is 13.0. The Morgan fingerprint density at radius 3 is 2.34 bits per heavy atom. The van der Waals surface area contributed by atoms with E-state index in [2.05, 4.69) is 5.32 Å². The third-order valence-electron chi connectivity index (χ3n) is 4.68. The Morgan fingerprint density at radius 2 is 1.72 bits per heavy atom. The zero-order valence-corrected chi connectivity index (χ0v) is 19.8. The molecule has 32 heavy (non-hydrogen) atoms. The highest BCUT2D eigenvalue weighted by Crippen LogP contribution is 2.30. The first-order valence-electron chi connectivity index (χ1n) is 10.3. The summed E-state index contributed by atoms with van der Waals surface area (Å²) < 4.78 is 44.1. The van der Waals surface area contributed by atoms with Crippen molar-refractivity contribution in [3.8, 4) is 11.5 Å². The van der Waals surface area contributed by atoms with Crippen LogP contribution in [-0.2, 0) is 19.6 Å². The van der Waals surface area contributed by atoms with E-state index in [0.717, 1.165) is 0 Å². The summed E-state index contributed by atoms with van der Waals surface area (Å²) in [4.78, 5) is 12.9. The lowest BCUT2D eigenvalue weighted by molar-refractivity contribution is -0.122. The summed E-state index contributed by atoms with van der Waals surface area (Å²) in [5, 5.41) is 3.30. The number of benzene rings is 2. The highest BCUT2D eigenvalue weighted by atomic mass is 35.5. The van der Waals surface area contributed by atoms with Crippen molar-refractivity contribution >= 4 is 33.2 Å². The van der Waals surface area contributed by atoms with E-state index in [1.54, 1.807) is 37.3 Å². The molecule has 0 aliphatic carbocycles. The summed E-state index contributed by atoms with van der Waals surface area (Å²) in [5.41, 5.74) is 0.254. The molecule has 174 valence electrons. The summed E-state index contributed by atoms with van der Waals surface area (Å²) >= 11 is 5.88. The lowest BCUT2D eigenvalue weighted by atomic mass is 10.2. The number of hydrogen-bond donors (Lipinski definition) is 1.